The summed E-state index contributed by atoms with van der Waals surface area (Å²) in [6, 6.07) is 7.79. The van der Waals surface area contributed by atoms with Gasteiger partial charge in [-0.3, -0.25) is 9.36 Å². The molecule has 0 fully saturated rings. The Morgan fingerprint density at radius 3 is 2.85 bits per heavy atom. The van der Waals surface area contributed by atoms with Gasteiger partial charge in [-0.25, -0.2) is 9.97 Å². The summed E-state index contributed by atoms with van der Waals surface area (Å²) in [5, 5.41) is 0.110. The Kier molecular flexibility index (Phi) is 4.04. The van der Waals surface area contributed by atoms with Crippen LogP contribution in [0.1, 0.15) is 12.7 Å². The van der Waals surface area contributed by atoms with Crippen LogP contribution in [0.4, 0.5) is 0 Å². The number of carbonyl (C=O) groups is 1. The average Bonchev–Trinajstić information content (AvgIpc) is 3.14. The Morgan fingerprint density at radius 1 is 1.23 bits per heavy atom. The number of para-hydroxylation sites is 2. The second-order valence-corrected chi connectivity index (χ2v) is 6.09. The first-order chi connectivity index (χ1) is 12.5. The minimum absolute atomic E-state index is 0.110. The number of carbonyl (C=O) groups excluding carboxylic acids is 1. The third-order valence-electron chi connectivity index (χ3n) is 4.00. The maximum atomic E-state index is 11.0. The van der Waals surface area contributed by atoms with Gasteiger partial charge < -0.3 is 9.30 Å². The smallest absolute Gasteiger partial charge is 0.302 e. The molecule has 26 heavy (non-hydrogen) atoms. The number of imidazole rings is 2. The highest BCUT2D eigenvalue weighted by Gasteiger charge is 2.18. The molecule has 0 bridgehead atoms. The second-order valence-electron chi connectivity index (χ2n) is 5.75. The van der Waals surface area contributed by atoms with Crippen LogP contribution in [0.2, 0.25) is 5.28 Å². The highest BCUT2D eigenvalue weighted by atomic mass is 35.5. The van der Waals surface area contributed by atoms with Gasteiger partial charge in [-0.1, -0.05) is 12.1 Å². The number of halogens is 1. The van der Waals surface area contributed by atoms with E-state index < -0.39 is 0 Å². The van der Waals surface area contributed by atoms with E-state index >= 15 is 0 Å². The third kappa shape index (κ3) is 2.78. The van der Waals surface area contributed by atoms with Gasteiger partial charge in [0.25, 0.3) is 0 Å². The summed E-state index contributed by atoms with van der Waals surface area (Å²) in [4.78, 5) is 28.7. The van der Waals surface area contributed by atoms with Gasteiger partial charge in [0.2, 0.25) is 5.28 Å². The van der Waals surface area contributed by atoms with E-state index in [1.165, 1.54) is 6.92 Å². The van der Waals surface area contributed by atoms with Gasteiger partial charge in [0.15, 0.2) is 17.0 Å². The van der Waals surface area contributed by atoms with Gasteiger partial charge >= 0.3 is 5.97 Å². The number of hydrogen-bond acceptors (Lipinski definition) is 6. The molecule has 0 amide bonds. The van der Waals surface area contributed by atoms with E-state index in [1.54, 1.807) is 10.9 Å². The molecular weight excluding hydrogens is 356 g/mol. The number of aryl methyl sites for hydroxylation is 1. The molecule has 9 heteroatoms. The molecule has 8 nitrogen and oxygen atoms in total. The molecule has 0 atom stereocenters. The van der Waals surface area contributed by atoms with E-state index in [0.29, 0.717) is 23.5 Å². The minimum Gasteiger partial charge on any atom is -0.464 e. The Morgan fingerprint density at radius 2 is 2.04 bits per heavy atom. The topological polar surface area (TPSA) is 87.7 Å². The minimum atomic E-state index is -0.330. The van der Waals surface area contributed by atoms with E-state index in [1.807, 2.05) is 35.8 Å². The number of aromatic nitrogens is 6. The first-order valence-corrected chi connectivity index (χ1v) is 8.38. The van der Waals surface area contributed by atoms with E-state index in [2.05, 4.69) is 19.9 Å². The van der Waals surface area contributed by atoms with Crippen molar-refractivity contribution < 1.29 is 9.53 Å². The van der Waals surface area contributed by atoms with Gasteiger partial charge in [-0.15, -0.1) is 0 Å². The van der Waals surface area contributed by atoms with Crippen LogP contribution in [-0.4, -0.2) is 41.6 Å². The lowest BCUT2D eigenvalue weighted by Gasteiger charge is -2.08. The van der Waals surface area contributed by atoms with Crippen molar-refractivity contribution in [1.29, 1.82) is 0 Å². The largest absolute Gasteiger partial charge is 0.464 e. The summed E-state index contributed by atoms with van der Waals surface area (Å²) in [5.74, 6) is 1.01. The van der Waals surface area contributed by atoms with Crippen LogP contribution in [0.5, 0.6) is 0 Å². The number of esters is 1. The quantitative estimate of drug-likeness (QED) is 0.405. The van der Waals surface area contributed by atoms with E-state index in [-0.39, 0.29) is 17.9 Å². The molecule has 0 aliphatic rings. The molecule has 0 aliphatic heterocycles. The van der Waals surface area contributed by atoms with Crippen molar-refractivity contribution in [2.45, 2.75) is 20.4 Å². The molecule has 0 saturated carbocycles. The van der Waals surface area contributed by atoms with Crippen LogP contribution in [-0.2, 0) is 16.1 Å². The van der Waals surface area contributed by atoms with E-state index in [0.717, 1.165) is 16.9 Å². The summed E-state index contributed by atoms with van der Waals surface area (Å²) < 4.78 is 8.69. The molecule has 4 aromatic rings. The highest BCUT2D eigenvalue weighted by molar-refractivity contribution is 6.28. The summed E-state index contributed by atoms with van der Waals surface area (Å²) in [6.07, 6.45) is 1.64. The molecule has 1 aromatic carbocycles. The lowest BCUT2D eigenvalue weighted by molar-refractivity contribution is -0.141. The lowest BCUT2D eigenvalue weighted by Crippen LogP contribution is -2.09. The van der Waals surface area contributed by atoms with E-state index in [4.69, 9.17) is 16.3 Å². The van der Waals surface area contributed by atoms with Crippen molar-refractivity contribution in [2.75, 3.05) is 6.61 Å². The van der Waals surface area contributed by atoms with E-state index in [9.17, 15) is 4.79 Å². The number of rotatable bonds is 4. The van der Waals surface area contributed by atoms with Crippen LogP contribution >= 0.6 is 11.6 Å². The monoisotopic (exact) mass is 370 g/mol. The molecular formula is C17H15ClN6O2. The van der Waals surface area contributed by atoms with Crippen LogP contribution in [0, 0.1) is 6.92 Å². The maximum absolute atomic E-state index is 11.0. The molecule has 3 heterocycles. The van der Waals surface area contributed by atoms with Gasteiger partial charge in [0.1, 0.15) is 12.4 Å². The summed E-state index contributed by atoms with van der Waals surface area (Å²) >= 11 is 6.18. The van der Waals surface area contributed by atoms with Crippen molar-refractivity contribution in [2.24, 2.45) is 0 Å². The van der Waals surface area contributed by atoms with Crippen molar-refractivity contribution in [3.8, 4) is 5.82 Å². The lowest BCUT2D eigenvalue weighted by atomic mass is 10.3. The zero-order valence-electron chi connectivity index (χ0n) is 14.2. The second kappa shape index (κ2) is 6.38. The molecule has 0 N–H and O–H groups in total. The number of ether oxygens (including phenoxy) is 1. The van der Waals surface area contributed by atoms with Crippen molar-refractivity contribution in [3.63, 3.8) is 0 Å². The van der Waals surface area contributed by atoms with Crippen molar-refractivity contribution >= 4 is 39.8 Å². The highest BCUT2D eigenvalue weighted by Crippen LogP contribution is 2.25. The molecule has 3 aromatic heterocycles. The zero-order chi connectivity index (χ0) is 18.3. The fourth-order valence-electron chi connectivity index (χ4n) is 2.92. The molecule has 0 unspecified atom stereocenters. The fourth-order valence-corrected chi connectivity index (χ4v) is 3.08. The van der Waals surface area contributed by atoms with Crippen LogP contribution in [0.15, 0.2) is 30.6 Å². The maximum Gasteiger partial charge on any atom is 0.302 e. The molecule has 0 saturated heterocycles. The van der Waals surface area contributed by atoms with Crippen LogP contribution in [0.25, 0.3) is 28.0 Å². The average molecular weight is 371 g/mol. The number of nitrogens with zero attached hydrogens (tertiary/aromatic N) is 6. The van der Waals surface area contributed by atoms with Crippen molar-refractivity contribution in [1.82, 2.24) is 29.1 Å². The SMILES string of the molecule is CC(=O)OCCn1cnc2c(-n3c(C)nc4ccccc43)nc(Cl)nc21. The standard InChI is InChI=1S/C17H15ClN6O2/c1-10-20-12-5-3-4-6-13(12)24(10)16-14-15(21-17(18)22-16)23(9-19-14)7-8-26-11(2)25/h3-6,9H,7-8H2,1-2H3. The Balaban J connectivity index is 1.86. The number of benzene rings is 1. The van der Waals surface area contributed by atoms with Gasteiger partial charge in [0.05, 0.1) is 23.9 Å². The first kappa shape index (κ1) is 16.5. The fraction of sp³-hybridized carbons (Fsp3) is 0.235. The van der Waals surface area contributed by atoms with Crippen LogP contribution < -0.4 is 0 Å². The zero-order valence-corrected chi connectivity index (χ0v) is 14.9. The predicted octanol–water partition coefficient (Wildman–Crippen LogP) is 2.69. The Bertz CT molecular complexity index is 1130. The van der Waals surface area contributed by atoms with Crippen molar-refractivity contribution in [3.05, 3.63) is 41.7 Å². The molecule has 4 rings (SSSR count). The molecule has 132 valence electrons. The molecule has 0 aliphatic carbocycles. The molecule has 0 radical (unpaired) electrons. The van der Waals surface area contributed by atoms with Gasteiger partial charge in [0, 0.05) is 6.92 Å². The summed E-state index contributed by atoms with van der Waals surface area (Å²) in [5.41, 5.74) is 2.95. The van der Waals surface area contributed by atoms with Gasteiger partial charge in [-0.2, -0.15) is 9.97 Å². The normalized spacial score (nSPS) is 11.3. The molecule has 0 spiro atoms. The Labute approximate surface area is 153 Å². The third-order valence-corrected chi connectivity index (χ3v) is 4.17. The predicted molar refractivity (Wildman–Crippen MR) is 96.3 cm³/mol. The number of fused-ring (bicyclic) bond motifs is 2. The first-order valence-electron chi connectivity index (χ1n) is 8.01. The summed E-state index contributed by atoms with van der Waals surface area (Å²) in [7, 11) is 0. The van der Waals surface area contributed by atoms with Gasteiger partial charge in [-0.05, 0) is 30.7 Å². The Hall–Kier alpha value is -3.00. The number of hydrogen-bond donors (Lipinski definition) is 0. The summed E-state index contributed by atoms with van der Waals surface area (Å²) in [6.45, 7) is 3.92. The van der Waals surface area contributed by atoms with Crippen LogP contribution in [0.3, 0.4) is 0 Å².